The van der Waals surface area contributed by atoms with Crippen molar-refractivity contribution in [1.29, 1.82) is 0 Å². The number of hydrogen-bond acceptors (Lipinski definition) is 8. The zero-order chi connectivity index (χ0) is 30.0. The van der Waals surface area contributed by atoms with Crippen LogP contribution in [0, 0.1) is 0 Å². The molecule has 41 heavy (non-hydrogen) atoms. The number of thiazole rings is 1. The van der Waals surface area contributed by atoms with Crippen LogP contribution < -0.4 is 29.1 Å². The molecule has 0 radical (unpaired) electrons. The molecule has 11 heteroatoms. The molecule has 0 amide bonds. The molecule has 0 unspecified atom stereocenters. The van der Waals surface area contributed by atoms with Crippen molar-refractivity contribution >= 4 is 55.2 Å². The molecule has 1 aromatic heterocycles. The van der Waals surface area contributed by atoms with Crippen LogP contribution in [0.3, 0.4) is 0 Å². The highest BCUT2D eigenvalue weighted by molar-refractivity contribution is 9.11. The Hall–Kier alpha value is -2.89. The molecule has 2 heterocycles. The van der Waals surface area contributed by atoms with Crippen molar-refractivity contribution in [2.45, 2.75) is 59.8 Å². The summed E-state index contributed by atoms with van der Waals surface area (Å²) in [6.45, 7) is 11.5. The van der Waals surface area contributed by atoms with Gasteiger partial charge in [-0.2, -0.15) is 0 Å². The van der Waals surface area contributed by atoms with Crippen LogP contribution in [0.1, 0.15) is 58.7 Å². The molecule has 0 fully saturated rings. The van der Waals surface area contributed by atoms with E-state index in [-0.39, 0.29) is 24.4 Å². The topological polar surface area (TPSA) is 88.4 Å². The van der Waals surface area contributed by atoms with Crippen LogP contribution in [0.4, 0.5) is 0 Å². The van der Waals surface area contributed by atoms with E-state index in [4.69, 9.17) is 18.9 Å². The minimum atomic E-state index is -0.769. The van der Waals surface area contributed by atoms with E-state index in [0.29, 0.717) is 43.4 Å². The summed E-state index contributed by atoms with van der Waals surface area (Å²) in [6.07, 6.45) is 1.74. The summed E-state index contributed by atoms with van der Waals surface area (Å²) in [6, 6.07) is 8.44. The van der Waals surface area contributed by atoms with Gasteiger partial charge in [0.15, 0.2) is 16.3 Å². The fourth-order valence-electron chi connectivity index (χ4n) is 4.47. The Morgan fingerprint density at radius 1 is 1.07 bits per heavy atom. The Bertz CT molecular complexity index is 1670. The molecule has 0 spiro atoms. The van der Waals surface area contributed by atoms with E-state index in [0.717, 1.165) is 14.5 Å². The molecule has 0 saturated carbocycles. The number of rotatable bonds is 9. The maximum absolute atomic E-state index is 14.0. The molecule has 0 N–H and O–H groups in total. The predicted molar refractivity (Wildman–Crippen MR) is 167 cm³/mol. The fraction of sp³-hybridized carbons (Fsp3) is 0.367. The van der Waals surface area contributed by atoms with Crippen molar-refractivity contribution in [3.05, 3.63) is 81.4 Å². The molecular formula is C30H32Br2N2O6S. The highest BCUT2D eigenvalue weighted by Crippen LogP contribution is 2.37. The van der Waals surface area contributed by atoms with Crippen LogP contribution >= 0.6 is 43.2 Å². The van der Waals surface area contributed by atoms with E-state index in [1.165, 1.54) is 11.3 Å². The van der Waals surface area contributed by atoms with Crippen molar-refractivity contribution < 1.29 is 23.7 Å². The number of allylic oxidation sites excluding steroid dienone is 1. The number of fused-ring (bicyclic) bond motifs is 1. The van der Waals surface area contributed by atoms with E-state index in [1.54, 1.807) is 43.7 Å². The molecule has 2 aromatic carbocycles. The first kappa shape index (κ1) is 31.1. The second kappa shape index (κ2) is 13.0. The Morgan fingerprint density at radius 2 is 1.73 bits per heavy atom. The minimum absolute atomic E-state index is 0.00130. The maximum Gasteiger partial charge on any atom is 0.338 e. The molecule has 1 aliphatic rings. The van der Waals surface area contributed by atoms with E-state index < -0.39 is 12.0 Å². The van der Waals surface area contributed by atoms with Crippen LogP contribution in [0.15, 0.2) is 60.3 Å². The van der Waals surface area contributed by atoms with Gasteiger partial charge >= 0.3 is 5.97 Å². The molecule has 0 aliphatic carbocycles. The van der Waals surface area contributed by atoms with Gasteiger partial charge in [0.1, 0.15) is 5.75 Å². The summed E-state index contributed by atoms with van der Waals surface area (Å²) in [5.74, 6) is 1.22. The van der Waals surface area contributed by atoms with Crippen molar-refractivity contribution in [1.82, 2.24) is 4.57 Å². The lowest BCUT2D eigenvalue weighted by Gasteiger charge is -2.25. The Morgan fingerprint density at radius 3 is 2.32 bits per heavy atom. The summed E-state index contributed by atoms with van der Waals surface area (Å²) >= 11 is 8.42. The third kappa shape index (κ3) is 6.62. The third-order valence-corrected chi connectivity index (χ3v) is 8.22. The first-order valence-corrected chi connectivity index (χ1v) is 15.5. The second-order valence-electron chi connectivity index (χ2n) is 9.86. The van der Waals surface area contributed by atoms with E-state index >= 15 is 0 Å². The maximum atomic E-state index is 14.0. The third-order valence-electron chi connectivity index (χ3n) is 6.06. The Labute approximate surface area is 259 Å². The van der Waals surface area contributed by atoms with Gasteiger partial charge in [-0.05, 0) is 115 Å². The Balaban J connectivity index is 1.91. The van der Waals surface area contributed by atoms with Crippen LogP contribution in [-0.2, 0) is 9.53 Å². The quantitative estimate of drug-likeness (QED) is 0.257. The lowest BCUT2D eigenvalue weighted by Crippen LogP contribution is -2.40. The minimum Gasteiger partial charge on any atom is -0.493 e. The van der Waals surface area contributed by atoms with Gasteiger partial charge in [0.05, 0.1) is 56.7 Å². The molecular weight excluding hydrogens is 676 g/mol. The zero-order valence-electron chi connectivity index (χ0n) is 23.9. The van der Waals surface area contributed by atoms with Crippen LogP contribution in [-0.4, -0.2) is 36.5 Å². The summed E-state index contributed by atoms with van der Waals surface area (Å²) in [4.78, 5) is 32.3. The van der Waals surface area contributed by atoms with Gasteiger partial charge in [0.2, 0.25) is 0 Å². The number of hydrogen-bond donors (Lipinski definition) is 0. The van der Waals surface area contributed by atoms with Gasteiger partial charge in [-0.25, -0.2) is 9.79 Å². The van der Waals surface area contributed by atoms with Crippen molar-refractivity contribution in [3.63, 3.8) is 0 Å². The SMILES string of the molecule is CCOC(=O)C1=C(C)N=c2s/c(=C/c3cc(Br)c(OC(C)C)c(Br)c3)c(=O)n2[C@H]1c1ccc(OC(C)C)c(OC)c1. The Kier molecular flexibility index (Phi) is 9.81. The number of aromatic nitrogens is 1. The normalized spacial score (nSPS) is 15.2. The number of methoxy groups -OCH3 is 1. The first-order chi connectivity index (χ1) is 19.4. The molecule has 8 nitrogen and oxygen atoms in total. The molecule has 1 aliphatic heterocycles. The van der Waals surface area contributed by atoms with Gasteiger partial charge in [0.25, 0.3) is 5.56 Å². The van der Waals surface area contributed by atoms with Gasteiger partial charge in [-0.1, -0.05) is 17.4 Å². The number of benzene rings is 2. The lowest BCUT2D eigenvalue weighted by atomic mass is 9.95. The number of esters is 1. The monoisotopic (exact) mass is 706 g/mol. The first-order valence-electron chi connectivity index (χ1n) is 13.1. The van der Waals surface area contributed by atoms with Crippen LogP contribution in [0.25, 0.3) is 6.08 Å². The molecule has 0 bridgehead atoms. The van der Waals surface area contributed by atoms with Gasteiger partial charge < -0.3 is 18.9 Å². The molecule has 1 atom stereocenters. The van der Waals surface area contributed by atoms with Crippen molar-refractivity contribution in [3.8, 4) is 17.2 Å². The number of carbonyl (C=O) groups excluding carboxylic acids is 1. The average molecular weight is 708 g/mol. The summed E-state index contributed by atoms with van der Waals surface area (Å²) in [7, 11) is 1.55. The summed E-state index contributed by atoms with van der Waals surface area (Å²) in [5, 5.41) is 0. The molecule has 4 rings (SSSR count). The lowest BCUT2D eigenvalue weighted by molar-refractivity contribution is -0.139. The number of carbonyl (C=O) groups is 1. The predicted octanol–water partition coefficient (Wildman–Crippen LogP) is 5.91. The van der Waals surface area contributed by atoms with Gasteiger partial charge in [-0.15, -0.1) is 0 Å². The van der Waals surface area contributed by atoms with Gasteiger partial charge in [0, 0.05) is 0 Å². The molecule has 3 aromatic rings. The van der Waals surface area contributed by atoms with Crippen molar-refractivity contribution in [2.24, 2.45) is 4.99 Å². The van der Waals surface area contributed by atoms with Crippen molar-refractivity contribution in [2.75, 3.05) is 13.7 Å². The van der Waals surface area contributed by atoms with Crippen LogP contribution in [0.2, 0.25) is 0 Å². The number of nitrogens with zero attached hydrogens (tertiary/aromatic N) is 2. The molecule has 0 saturated heterocycles. The smallest absolute Gasteiger partial charge is 0.338 e. The summed E-state index contributed by atoms with van der Waals surface area (Å²) in [5.41, 5.74) is 1.97. The number of halogens is 2. The van der Waals surface area contributed by atoms with Gasteiger partial charge in [-0.3, -0.25) is 9.36 Å². The molecule has 218 valence electrons. The largest absolute Gasteiger partial charge is 0.493 e. The van der Waals surface area contributed by atoms with E-state index in [1.807, 2.05) is 45.9 Å². The second-order valence-corrected chi connectivity index (χ2v) is 12.6. The fourth-order valence-corrected chi connectivity index (χ4v) is 6.93. The van der Waals surface area contributed by atoms with E-state index in [2.05, 4.69) is 36.9 Å². The zero-order valence-corrected chi connectivity index (χ0v) is 27.9. The summed E-state index contributed by atoms with van der Waals surface area (Å²) < 4.78 is 26.3. The standard InChI is InChI=1S/C30H32Br2N2O6S/c1-8-38-29(36)25-17(6)33-30-34(26(25)19-9-10-22(39-15(2)3)23(14-19)37-7)28(35)24(41-30)13-18-11-20(31)27(21(32)12-18)40-16(4)5/h9-16,26H,8H2,1-7H3/b24-13+/t26-/m0/s1. The average Bonchev–Trinajstić information content (AvgIpc) is 3.19. The van der Waals surface area contributed by atoms with Crippen LogP contribution in [0.5, 0.6) is 17.2 Å². The number of ether oxygens (including phenoxy) is 4. The van der Waals surface area contributed by atoms with E-state index in [9.17, 15) is 9.59 Å². The highest BCUT2D eigenvalue weighted by Gasteiger charge is 2.34. The highest BCUT2D eigenvalue weighted by atomic mass is 79.9.